The molecule has 0 saturated carbocycles. The third-order valence-corrected chi connectivity index (χ3v) is 19.9. The van der Waals surface area contributed by atoms with Crippen molar-refractivity contribution in [1.29, 1.82) is 5.26 Å². The van der Waals surface area contributed by atoms with Crippen molar-refractivity contribution in [2.75, 3.05) is 0 Å². The van der Waals surface area contributed by atoms with Crippen LogP contribution < -0.4 is 9.37 Å². The van der Waals surface area contributed by atoms with E-state index in [0.717, 1.165) is 0 Å². The van der Waals surface area contributed by atoms with Gasteiger partial charge in [0.2, 0.25) is 0 Å². The molecule has 0 N–H and O–H groups in total. The van der Waals surface area contributed by atoms with Crippen LogP contribution in [-0.2, 0) is 0 Å². The van der Waals surface area contributed by atoms with Crippen LogP contribution in [0.1, 0.15) is 16.7 Å². The third kappa shape index (κ3) is 3.03. The Morgan fingerprint density at radius 1 is 0.542 bits per heavy atom. The van der Waals surface area contributed by atoms with E-state index in [0.29, 0.717) is 0 Å². The summed E-state index contributed by atoms with van der Waals surface area (Å²) >= 11 is -3.78. The van der Waals surface area contributed by atoms with Gasteiger partial charge in [0.25, 0.3) is 0 Å². The molecule has 0 unspecified atom stereocenters. The van der Waals surface area contributed by atoms with E-state index in [2.05, 4.69) is 97.2 Å². The van der Waals surface area contributed by atoms with Crippen molar-refractivity contribution in [3.8, 4) is 3.63 Å². The monoisotopic (exact) mass is 507 g/mol. The molecule has 3 rings (SSSR count). The molecule has 0 heterocycles. The number of benzene rings is 3. The molecule has 0 aliphatic heterocycles. The predicted molar refractivity (Wildman–Crippen MR) is 104 cm³/mol. The van der Waals surface area contributed by atoms with Gasteiger partial charge in [0.15, 0.2) is 0 Å². The first-order valence-corrected chi connectivity index (χ1v) is 16.0. The summed E-state index contributed by atoms with van der Waals surface area (Å²) in [5, 5.41) is 10.4. The van der Waals surface area contributed by atoms with Gasteiger partial charge in [0, 0.05) is 0 Å². The van der Waals surface area contributed by atoms with Crippen molar-refractivity contribution in [3.63, 3.8) is 0 Å². The number of hydrogen-bond donors (Lipinski definition) is 0. The van der Waals surface area contributed by atoms with Gasteiger partial charge in [-0.1, -0.05) is 0 Å². The quantitative estimate of drug-likeness (QED) is 0.501. The van der Waals surface area contributed by atoms with Gasteiger partial charge in [-0.25, -0.2) is 0 Å². The Morgan fingerprint density at radius 2 is 0.792 bits per heavy atom. The zero-order valence-electron chi connectivity index (χ0n) is 14.4. The molecule has 0 aromatic heterocycles. The molecule has 0 bridgehead atoms. The van der Waals surface area contributed by atoms with E-state index in [4.69, 9.17) is 0 Å². The van der Waals surface area contributed by atoms with Crippen LogP contribution in [-0.4, -0.2) is 21.2 Å². The minimum absolute atomic E-state index is 1.23. The Hall–Kier alpha value is -1.93. The molecule has 0 radical (unpaired) electrons. The molecule has 0 saturated heterocycles. The average molecular weight is 507 g/mol. The molecular weight excluding hydrogens is 485 g/mol. The van der Waals surface area contributed by atoms with Crippen LogP contribution in [0.2, 0.25) is 0 Å². The third-order valence-electron chi connectivity index (χ3n) is 4.62. The fraction of sp³-hybridized carbons (Fsp3) is 0.136. The number of rotatable bonds is 3. The molecule has 3 aromatic rings. The number of hydrogen-bond acceptors (Lipinski definition) is 1. The van der Waals surface area contributed by atoms with E-state index >= 15 is 0 Å². The van der Waals surface area contributed by atoms with Crippen LogP contribution in [0.15, 0.2) is 72.8 Å². The number of nitriles is 1. The molecule has 0 fully saturated rings. The van der Waals surface area contributed by atoms with Gasteiger partial charge >= 0.3 is 150 Å². The molecular formula is C22H21NPb. The van der Waals surface area contributed by atoms with Crippen LogP contribution in [0.4, 0.5) is 0 Å². The standard InChI is InChI=1S/3C7H7.CN.Pb/c3*1-7-5-3-2-4-6-7;1-2;/h3*3-6H,1H3;;. The van der Waals surface area contributed by atoms with Crippen LogP contribution >= 0.6 is 0 Å². The summed E-state index contributed by atoms with van der Waals surface area (Å²) in [6, 6.07) is 25.8. The maximum atomic E-state index is 10.4. The summed E-state index contributed by atoms with van der Waals surface area (Å²) in [6.07, 6.45) is 0. The molecule has 3 aromatic carbocycles. The Balaban J connectivity index is 2.30. The molecule has 0 spiro atoms. The first kappa shape index (κ1) is 16.9. The second-order valence-electron chi connectivity index (χ2n) is 6.46. The first-order valence-electron chi connectivity index (χ1n) is 8.19. The Morgan fingerprint density at radius 3 is 1.00 bits per heavy atom. The van der Waals surface area contributed by atoms with E-state index in [9.17, 15) is 5.26 Å². The summed E-state index contributed by atoms with van der Waals surface area (Å²) in [6.45, 7) is 6.27. The van der Waals surface area contributed by atoms with Crippen molar-refractivity contribution >= 4 is 30.5 Å². The van der Waals surface area contributed by atoms with Crippen LogP contribution in [0, 0.1) is 29.7 Å². The minimum atomic E-state index is -3.78. The van der Waals surface area contributed by atoms with E-state index in [-0.39, 0.29) is 0 Å². The first-order chi connectivity index (χ1) is 11.6. The maximum absolute atomic E-state index is 10.4. The summed E-state index contributed by atoms with van der Waals surface area (Å²) in [7, 11) is 0. The summed E-state index contributed by atoms with van der Waals surface area (Å²) in [4.78, 5) is 0. The molecule has 0 aliphatic carbocycles. The molecule has 0 atom stereocenters. The van der Waals surface area contributed by atoms with Crippen molar-refractivity contribution in [2.24, 2.45) is 0 Å². The summed E-state index contributed by atoms with van der Waals surface area (Å²) < 4.78 is 6.52. The van der Waals surface area contributed by atoms with Gasteiger partial charge in [-0.2, -0.15) is 0 Å². The fourth-order valence-corrected chi connectivity index (χ4v) is 16.3. The summed E-state index contributed by atoms with van der Waals surface area (Å²) in [5.74, 6) is 0. The predicted octanol–water partition coefficient (Wildman–Crippen LogP) is 3.14. The van der Waals surface area contributed by atoms with E-state index < -0.39 is 21.2 Å². The molecule has 0 aliphatic rings. The van der Waals surface area contributed by atoms with Crippen molar-refractivity contribution < 1.29 is 0 Å². The van der Waals surface area contributed by atoms with E-state index in [1.807, 2.05) is 0 Å². The molecule has 2 heteroatoms. The summed E-state index contributed by atoms with van der Waals surface area (Å²) in [5.41, 5.74) is 3.69. The molecule has 0 amide bonds. The molecule has 118 valence electrons. The van der Waals surface area contributed by atoms with Gasteiger partial charge in [0.05, 0.1) is 0 Å². The Labute approximate surface area is 149 Å². The van der Waals surface area contributed by atoms with Crippen molar-refractivity contribution in [2.45, 2.75) is 20.8 Å². The van der Waals surface area contributed by atoms with E-state index in [1.54, 1.807) is 0 Å². The van der Waals surface area contributed by atoms with Gasteiger partial charge in [-0.3, -0.25) is 0 Å². The SMILES string of the molecule is Cc1cc[c]([Pb]([C]#N)([c]2ccc(C)cc2)[c]2ccc(C)cc2)cc1. The number of aryl methyl sites for hydroxylation is 3. The normalized spacial score (nSPS) is 11.1. The molecule has 1 nitrogen and oxygen atoms in total. The van der Waals surface area contributed by atoms with Gasteiger partial charge < -0.3 is 0 Å². The van der Waals surface area contributed by atoms with Crippen LogP contribution in [0.5, 0.6) is 0 Å². The van der Waals surface area contributed by atoms with Gasteiger partial charge in [0.1, 0.15) is 0 Å². The van der Waals surface area contributed by atoms with Crippen LogP contribution in [0.25, 0.3) is 0 Å². The number of nitrogens with zero attached hydrogens (tertiary/aromatic N) is 1. The Bertz CT molecular complexity index is 758. The van der Waals surface area contributed by atoms with Gasteiger partial charge in [-0.15, -0.1) is 0 Å². The fourth-order valence-electron chi connectivity index (χ4n) is 3.10. The Kier molecular flexibility index (Phi) is 4.86. The second kappa shape index (κ2) is 6.90. The molecule has 24 heavy (non-hydrogen) atoms. The second-order valence-corrected chi connectivity index (χ2v) is 19.9. The van der Waals surface area contributed by atoms with Crippen molar-refractivity contribution in [3.05, 3.63) is 89.5 Å². The average Bonchev–Trinajstić information content (AvgIpc) is 2.60. The van der Waals surface area contributed by atoms with Gasteiger partial charge in [-0.05, 0) is 0 Å². The van der Waals surface area contributed by atoms with Crippen molar-refractivity contribution in [1.82, 2.24) is 0 Å². The van der Waals surface area contributed by atoms with E-state index in [1.165, 1.54) is 26.1 Å². The zero-order valence-corrected chi connectivity index (χ0v) is 18.3. The zero-order chi connectivity index (χ0) is 17.2. The van der Waals surface area contributed by atoms with Crippen LogP contribution in [0.3, 0.4) is 0 Å². The topological polar surface area (TPSA) is 23.8 Å².